The van der Waals surface area contributed by atoms with Crippen LogP contribution in [0.2, 0.25) is 0 Å². The Bertz CT molecular complexity index is 1180. The van der Waals surface area contributed by atoms with Crippen LogP contribution in [0.25, 0.3) is 0 Å². The second-order valence-corrected chi connectivity index (χ2v) is 8.63. The van der Waals surface area contributed by atoms with E-state index >= 15 is 0 Å². The largest absolute Gasteiger partial charge is 4.00 e. The van der Waals surface area contributed by atoms with Crippen molar-refractivity contribution in [2.45, 2.75) is 48.4 Å². The van der Waals surface area contributed by atoms with E-state index in [0.717, 1.165) is 0 Å². The molecule has 300 valence electrons. The minimum absolute atomic E-state index is 0. The number of allylic oxidation sites excluding steroid dienone is 8. The normalized spacial score (nSPS) is 15.8. The topological polar surface area (TPSA) is 142 Å². The third-order valence-corrected chi connectivity index (χ3v) is 4.70. The van der Waals surface area contributed by atoms with E-state index in [1.807, 2.05) is 0 Å². The molecule has 0 aromatic rings. The van der Waals surface area contributed by atoms with E-state index in [9.17, 15) is 108 Å². The SMILES string of the molecule is [Ce+4].[O-]/C(=C\C=NCCN=C/C=C(\[O-])C(F)(F)C(F)(F)F)C(F)(F)C(F)(F)F.[O-]/C(=C\C=NCCN=C/C=C(\[O-])C(F)(F)C(F)(F)F)C(F)(F)C(F)(F)F. The Morgan fingerprint density at radius 1 is 0.321 bits per heavy atom. The van der Waals surface area contributed by atoms with Crippen LogP contribution in [0.4, 0.5) is 87.8 Å². The van der Waals surface area contributed by atoms with Crippen molar-refractivity contribution < 1.29 is 150 Å². The predicted molar refractivity (Wildman–Crippen MR) is 130 cm³/mol. The van der Waals surface area contributed by atoms with Crippen LogP contribution in [-0.2, 0) is 0 Å². The summed E-state index contributed by atoms with van der Waals surface area (Å²) in [6.07, 6.45) is -23.7. The van der Waals surface area contributed by atoms with Crippen molar-refractivity contribution in [1.29, 1.82) is 0 Å². The van der Waals surface area contributed by atoms with Crippen molar-refractivity contribution in [3.8, 4) is 0 Å². The third-order valence-electron chi connectivity index (χ3n) is 4.70. The van der Waals surface area contributed by atoms with E-state index in [-0.39, 0.29) is 66.1 Å². The second kappa shape index (κ2) is 21.1. The summed E-state index contributed by atoms with van der Waals surface area (Å²) in [6, 6.07) is 0. The molecule has 29 heteroatoms. The van der Waals surface area contributed by atoms with E-state index < -0.39 is 97.6 Å². The van der Waals surface area contributed by atoms with E-state index in [0.29, 0.717) is 24.9 Å². The Kier molecular flexibility index (Phi) is 21.5. The molecule has 0 amide bonds. The van der Waals surface area contributed by atoms with E-state index in [2.05, 4.69) is 20.0 Å². The maximum absolute atomic E-state index is 12.5. The van der Waals surface area contributed by atoms with Crippen LogP contribution in [0.5, 0.6) is 0 Å². The molecule has 0 rings (SSSR count). The van der Waals surface area contributed by atoms with Gasteiger partial charge in [-0.25, -0.2) is 0 Å². The summed E-state index contributed by atoms with van der Waals surface area (Å²) in [5.74, 6) is -32.7. The van der Waals surface area contributed by atoms with Gasteiger partial charge < -0.3 is 20.4 Å². The summed E-state index contributed by atoms with van der Waals surface area (Å²) in [6.45, 7) is -1.80. The number of aliphatic imine (C=N–C) groups is 4. The molecule has 0 saturated heterocycles. The van der Waals surface area contributed by atoms with Crippen molar-refractivity contribution in [3.05, 3.63) is 47.3 Å². The van der Waals surface area contributed by atoms with Crippen molar-refractivity contribution >= 4 is 24.9 Å². The van der Waals surface area contributed by atoms with E-state index in [4.69, 9.17) is 0 Å². The maximum atomic E-state index is 12.5. The number of halogens is 20. The molecule has 0 aromatic heterocycles. The summed E-state index contributed by atoms with van der Waals surface area (Å²) in [5.41, 5.74) is 0. The fourth-order valence-corrected chi connectivity index (χ4v) is 1.99. The number of hydrogen-bond donors (Lipinski definition) is 0. The van der Waals surface area contributed by atoms with Gasteiger partial charge in [0.15, 0.2) is 0 Å². The van der Waals surface area contributed by atoms with Crippen LogP contribution in [-0.4, -0.2) is 99.4 Å². The number of rotatable bonds is 14. The standard InChI is InChI=1S/2C12H10F10N2O2.Ce/c2*13-9(14,11(17,18)19)7(25)1-3-23-5-6-24-4-2-8(26)10(15,16)12(20,21)22;/h2*1-4,25-26H,5-6H2;/q;;+4/p-4/b2*7-1-,8-2-,23-3?,24-4?;. The molecule has 0 radical (unpaired) electrons. The number of alkyl halides is 20. The van der Waals surface area contributed by atoms with Gasteiger partial charge in [0.2, 0.25) is 0 Å². The summed E-state index contributed by atoms with van der Waals surface area (Å²) in [7, 11) is 0. The fraction of sp³-hybridized carbons (Fsp3) is 0.500. The summed E-state index contributed by atoms with van der Waals surface area (Å²) < 4.78 is 242. The van der Waals surface area contributed by atoms with Gasteiger partial charge in [0, 0.05) is 24.9 Å². The van der Waals surface area contributed by atoms with Gasteiger partial charge in [-0.3, -0.25) is 20.0 Å². The summed E-state index contributed by atoms with van der Waals surface area (Å²) in [4.78, 5) is 12.7. The van der Waals surface area contributed by atoms with E-state index in [1.54, 1.807) is 0 Å². The monoisotopic (exact) mass is 944 g/mol. The zero-order chi connectivity index (χ0) is 41.6. The Labute approximate surface area is 315 Å². The van der Waals surface area contributed by atoms with Gasteiger partial charge in [-0.1, -0.05) is 47.3 Å². The van der Waals surface area contributed by atoms with Crippen LogP contribution < -0.4 is 20.4 Å². The molecule has 0 aromatic carbocycles. The Morgan fingerprint density at radius 2 is 0.453 bits per heavy atom. The predicted octanol–water partition coefficient (Wildman–Crippen LogP) is 4.02. The molecule has 0 saturated carbocycles. The van der Waals surface area contributed by atoms with Crippen LogP contribution >= 0.6 is 0 Å². The first-order chi connectivity index (χ1) is 23.1. The smallest absolute Gasteiger partial charge is 0.871 e. The fourth-order valence-electron chi connectivity index (χ4n) is 1.99. The van der Waals surface area contributed by atoms with Gasteiger partial charge in [-0.05, 0) is 0 Å². The second-order valence-electron chi connectivity index (χ2n) is 8.63. The molecule has 0 aliphatic rings. The zero-order valence-corrected chi connectivity index (χ0v) is 28.1. The molecule has 0 aliphatic carbocycles. The van der Waals surface area contributed by atoms with Crippen LogP contribution in [0.3, 0.4) is 0 Å². The molecular formula is C24H16CeF20N4O4. The molecule has 0 spiro atoms. The van der Waals surface area contributed by atoms with Gasteiger partial charge >= 0.3 is 90.1 Å². The Balaban J connectivity index is -0.000000926. The number of nitrogens with zero attached hydrogens (tertiary/aromatic N) is 4. The van der Waals surface area contributed by atoms with Gasteiger partial charge in [0.05, 0.1) is 26.2 Å². The van der Waals surface area contributed by atoms with Gasteiger partial charge in [-0.15, -0.1) is 0 Å². The first-order valence-corrected chi connectivity index (χ1v) is 12.4. The molecule has 53 heavy (non-hydrogen) atoms. The van der Waals surface area contributed by atoms with Gasteiger partial charge in [-0.2, -0.15) is 87.8 Å². The molecular weight excluding hydrogens is 928 g/mol. The Hall–Kier alpha value is -3.18. The van der Waals surface area contributed by atoms with Crippen molar-refractivity contribution in [2.24, 2.45) is 20.0 Å². The molecule has 0 fully saturated rings. The minimum Gasteiger partial charge on any atom is -0.871 e. The van der Waals surface area contributed by atoms with Gasteiger partial charge in [0.25, 0.3) is 0 Å². The van der Waals surface area contributed by atoms with Crippen molar-refractivity contribution in [2.75, 3.05) is 26.2 Å². The molecule has 0 bridgehead atoms. The Morgan fingerprint density at radius 3 is 0.566 bits per heavy atom. The minimum atomic E-state index is -6.08. The van der Waals surface area contributed by atoms with Crippen molar-refractivity contribution in [3.63, 3.8) is 0 Å². The van der Waals surface area contributed by atoms with Crippen LogP contribution in [0, 0.1) is 41.7 Å². The maximum Gasteiger partial charge on any atom is 4.00 e. The molecule has 8 nitrogen and oxygen atoms in total. The van der Waals surface area contributed by atoms with Gasteiger partial charge in [0.1, 0.15) is 0 Å². The average Bonchev–Trinajstić information content (AvgIpc) is 2.97. The summed E-state index contributed by atoms with van der Waals surface area (Å²) >= 11 is 0. The van der Waals surface area contributed by atoms with Crippen molar-refractivity contribution in [1.82, 2.24) is 0 Å². The number of hydrogen-bond acceptors (Lipinski definition) is 8. The first-order valence-electron chi connectivity index (χ1n) is 12.4. The average molecular weight is 944 g/mol. The molecule has 0 atom stereocenters. The molecule has 0 heterocycles. The van der Waals surface area contributed by atoms with Crippen LogP contribution in [0.15, 0.2) is 67.3 Å². The summed E-state index contributed by atoms with van der Waals surface area (Å²) in [5, 5.41) is 42.6. The zero-order valence-electron chi connectivity index (χ0n) is 24.9. The molecule has 0 aliphatic heterocycles. The molecule has 0 unspecified atom stereocenters. The van der Waals surface area contributed by atoms with Crippen LogP contribution in [0.1, 0.15) is 0 Å². The first kappa shape index (κ1) is 54.2. The quantitative estimate of drug-likeness (QED) is 0.112. The third kappa shape index (κ3) is 17.2. The van der Waals surface area contributed by atoms with E-state index in [1.165, 1.54) is 0 Å². The molecule has 0 N–H and O–H groups in total.